The van der Waals surface area contributed by atoms with E-state index in [0.29, 0.717) is 23.1 Å². The highest BCUT2D eigenvalue weighted by Gasteiger charge is 2.14. The van der Waals surface area contributed by atoms with Gasteiger partial charge in [-0.2, -0.15) is 0 Å². The first-order chi connectivity index (χ1) is 9.38. The first kappa shape index (κ1) is 15.0. The summed E-state index contributed by atoms with van der Waals surface area (Å²) in [5.74, 6) is 1.27. The number of oxazole rings is 1. The average molecular weight is 315 g/mol. The monoisotopic (exact) mass is 314 g/mol. The summed E-state index contributed by atoms with van der Waals surface area (Å²) in [6.07, 6.45) is 0.451. The van der Waals surface area contributed by atoms with Gasteiger partial charge in [0.25, 0.3) is 0 Å². The molecule has 108 valence electrons. The largest absolute Gasteiger partial charge is 0.446 e. The van der Waals surface area contributed by atoms with Crippen LogP contribution in [-0.2, 0) is 16.4 Å². The fourth-order valence-electron chi connectivity index (χ4n) is 1.82. The van der Waals surface area contributed by atoms with Crippen LogP contribution in [0.3, 0.4) is 0 Å². The Morgan fingerprint density at radius 3 is 2.70 bits per heavy atom. The van der Waals surface area contributed by atoms with Gasteiger partial charge in [0.1, 0.15) is 5.76 Å². The Labute approximate surface area is 123 Å². The molecule has 0 fully saturated rings. The van der Waals surface area contributed by atoms with Crippen molar-refractivity contribution in [2.45, 2.75) is 25.2 Å². The lowest BCUT2D eigenvalue weighted by Crippen LogP contribution is -2.26. The van der Waals surface area contributed by atoms with Crippen molar-refractivity contribution in [2.24, 2.45) is 0 Å². The molecule has 7 heteroatoms. The summed E-state index contributed by atoms with van der Waals surface area (Å²) < 4.78 is 32.0. The summed E-state index contributed by atoms with van der Waals surface area (Å²) in [6, 6.07) is 6.13. The first-order valence-electron chi connectivity index (χ1n) is 6.06. The zero-order valence-corrected chi connectivity index (χ0v) is 12.8. The summed E-state index contributed by atoms with van der Waals surface area (Å²) in [5.41, 5.74) is 0.782. The fraction of sp³-hybridized carbons (Fsp3) is 0.308. The number of sulfonamides is 1. The van der Waals surface area contributed by atoms with Gasteiger partial charge in [-0.3, -0.25) is 0 Å². The molecule has 1 heterocycles. The Balaban J connectivity index is 2.01. The smallest absolute Gasteiger partial charge is 0.240 e. The molecule has 0 bridgehead atoms. The van der Waals surface area contributed by atoms with Crippen LogP contribution in [0.15, 0.2) is 33.6 Å². The highest BCUT2D eigenvalue weighted by atomic mass is 35.5. The van der Waals surface area contributed by atoms with Crippen molar-refractivity contribution in [1.29, 1.82) is 0 Å². The minimum Gasteiger partial charge on any atom is -0.446 e. The minimum atomic E-state index is -3.56. The molecular formula is C13H15ClN2O3S. The Morgan fingerprint density at radius 1 is 1.35 bits per heavy atom. The van der Waals surface area contributed by atoms with Gasteiger partial charge in [0.15, 0.2) is 5.89 Å². The third kappa shape index (κ3) is 3.59. The molecule has 2 rings (SSSR count). The number of benzene rings is 1. The van der Waals surface area contributed by atoms with Crippen molar-refractivity contribution in [3.8, 4) is 0 Å². The number of hydrogen-bond acceptors (Lipinski definition) is 4. The third-order valence-corrected chi connectivity index (χ3v) is 4.44. The van der Waals surface area contributed by atoms with E-state index in [4.69, 9.17) is 16.0 Å². The molecule has 0 atom stereocenters. The summed E-state index contributed by atoms with van der Waals surface area (Å²) in [7, 11) is -3.56. The second kappa shape index (κ2) is 5.95. The van der Waals surface area contributed by atoms with E-state index >= 15 is 0 Å². The second-order valence-corrected chi connectivity index (χ2v) is 6.55. The Kier molecular flexibility index (Phi) is 4.47. The first-order valence-corrected chi connectivity index (χ1v) is 7.93. The molecule has 0 amide bonds. The van der Waals surface area contributed by atoms with Crippen LogP contribution in [0.1, 0.15) is 17.3 Å². The summed E-state index contributed by atoms with van der Waals surface area (Å²) >= 11 is 5.79. The molecule has 0 radical (unpaired) electrons. The number of nitrogens with zero attached hydrogens (tertiary/aromatic N) is 1. The Hall–Kier alpha value is -1.37. The lowest BCUT2D eigenvalue weighted by molar-refractivity contribution is 0.472. The topological polar surface area (TPSA) is 72.2 Å². The lowest BCUT2D eigenvalue weighted by Gasteiger charge is -2.06. The molecule has 0 unspecified atom stereocenters. The van der Waals surface area contributed by atoms with E-state index in [1.807, 2.05) is 6.92 Å². The van der Waals surface area contributed by atoms with Gasteiger partial charge in [-0.1, -0.05) is 17.7 Å². The van der Waals surface area contributed by atoms with E-state index in [-0.39, 0.29) is 11.4 Å². The average Bonchev–Trinajstić information content (AvgIpc) is 2.68. The van der Waals surface area contributed by atoms with E-state index < -0.39 is 10.0 Å². The summed E-state index contributed by atoms with van der Waals surface area (Å²) in [6.45, 7) is 3.83. The van der Waals surface area contributed by atoms with Gasteiger partial charge >= 0.3 is 0 Å². The molecule has 0 saturated heterocycles. The van der Waals surface area contributed by atoms with Crippen LogP contribution in [0, 0.1) is 13.8 Å². The van der Waals surface area contributed by atoms with Crippen molar-refractivity contribution < 1.29 is 12.8 Å². The third-order valence-electron chi connectivity index (χ3n) is 2.75. The summed E-state index contributed by atoms with van der Waals surface area (Å²) in [4.78, 5) is 4.28. The van der Waals surface area contributed by atoms with Gasteiger partial charge in [0.05, 0.1) is 10.6 Å². The molecule has 20 heavy (non-hydrogen) atoms. The van der Waals surface area contributed by atoms with Gasteiger partial charge in [-0.25, -0.2) is 18.1 Å². The number of rotatable bonds is 5. The highest BCUT2D eigenvalue weighted by Crippen LogP contribution is 2.15. The predicted octanol–water partition coefficient (Wildman–Crippen LogP) is 2.47. The van der Waals surface area contributed by atoms with Gasteiger partial charge in [0, 0.05) is 24.9 Å². The van der Waals surface area contributed by atoms with Crippen LogP contribution < -0.4 is 4.72 Å². The molecule has 0 spiro atoms. The van der Waals surface area contributed by atoms with Crippen molar-refractivity contribution in [3.05, 3.63) is 46.6 Å². The highest BCUT2D eigenvalue weighted by molar-refractivity contribution is 7.89. The maximum atomic E-state index is 12.0. The van der Waals surface area contributed by atoms with Crippen LogP contribution in [0.4, 0.5) is 0 Å². The maximum Gasteiger partial charge on any atom is 0.240 e. The van der Waals surface area contributed by atoms with Crippen LogP contribution in [-0.4, -0.2) is 19.9 Å². The van der Waals surface area contributed by atoms with Crippen molar-refractivity contribution in [2.75, 3.05) is 6.54 Å². The standard InChI is InChI=1S/C13H15ClN2O3S/c1-9-13(19-10(2)16-9)6-7-15-20(17,18)12-5-3-4-11(14)8-12/h3-5,8,15H,6-7H2,1-2H3. The lowest BCUT2D eigenvalue weighted by atomic mass is 10.3. The number of nitrogens with one attached hydrogen (secondary N) is 1. The maximum absolute atomic E-state index is 12.0. The zero-order valence-electron chi connectivity index (χ0n) is 11.2. The van der Waals surface area contributed by atoms with Crippen LogP contribution >= 0.6 is 11.6 Å². The van der Waals surface area contributed by atoms with Gasteiger partial charge < -0.3 is 4.42 Å². The van der Waals surface area contributed by atoms with Gasteiger partial charge in [-0.15, -0.1) is 0 Å². The molecule has 0 aliphatic rings. The van der Waals surface area contributed by atoms with E-state index in [1.165, 1.54) is 12.1 Å². The van der Waals surface area contributed by atoms with Crippen LogP contribution in [0.2, 0.25) is 5.02 Å². The van der Waals surface area contributed by atoms with Gasteiger partial charge in [0.2, 0.25) is 10.0 Å². The second-order valence-electron chi connectivity index (χ2n) is 4.35. The van der Waals surface area contributed by atoms with E-state index in [1.54, 1.807) is 19.1 Å². The molecule has 1 N–H and O–H groups in total. The molecular weight excluding hydrogens is 300 g/mol. The molecule has 0 aliphatic carbocycles. The van der Waals surface area contributed by atoms with Gasteiger partial charge in [-0.05, 0) is 25.1 Å². The van der Waals surface area contributed by atoms with Crippen molar-refractivity contribution in [1.82, 2.24) is 9.71 Å². The normalized spacial score (nSPS) is 11.8. The number of aryl methyl sites for hydroxylation is 2. The minimum absolute atomic E-state index is 0.149. The van der Waals surface area contributed by atoms with Crippen molar-refractivity contribution in [3.63, 3.8) is 0 Å². The van der Waals surface area contributed by atoms with E-state index in [9.17, 15) is 8.42 Å². The fourth-order valence-corrected chi connectivity index (χ4v) is 3.15. The number of hydrogen-bond donors (Lipinski definition) is 1. The molecule has 5 nitrogen and oxygen atoms in total. The molecule has 1 aromatic carbocycles. The molecule has 2 aromatic rings. The summed E-state index contributed by atoms with van der Waals surface area (Å²) in [5, 5.41) is 0.384. The Morgan fingerprint density at radius 2 is 2.10 bits per heavy atom. The SMILES string of the molecule is Cc1nc(C)c(CCNS(=O)(=O)c2cccc(Cl)c2)o1. The zero-order chi connectivity index (χ0) is 14.8. The Bertz CT molecular complexity index is 710. The van der Waals surface area contributed by atoms with E-state index in [0.717, 1.165) is 5.69 Å². The number of aromatic nitrogens is 1. The predicted molar refractivity (Wildman–Crippen MR) is 76.3 cm³/mol. The molecule has 0 aliphatic heterocycles. The van der Waals surface area contributed by atoms with Crippen molar-refractivity contribution >= 4 is 21.6 Å². The van der Waals surface area contributed by atoms with E-state index in [2.05, 4.69) is 9.71 Å². The quantitative estimate of drug-likeness (QED) is 0.920. The molecule has 1 aromatic heterocycles. The number of halogens is 1. The molecule has 0 saturated carbocycles. The van der Waals surface area contributed by atoms with Crippen LogP contribution in [0.5, 0.6) is 0 Å². The van der Waals surface area contributed by atoms with Crippen LogP contribution in [0.25, 0.3) is 0 Å².